The smallest absolute Gasteiger partial charge is 0.120 e. The molecule has 2 nitrogen and oxygen atoms in total. The molecule has 0 aliphatic carbocycles. The van der Waals surface area contributed by atoms with E-state index in [0.717, 1.165) is 11.1 Å². The van der Waals surface area contributed by atoms with E-state index in [9.17, 15) is 0 Å². The molecule has 0 unspecified atom stereocenters. The van der Waals surface area contributed by atoms with E-state index in [4.69, 9.17) is 4.74 Å². The van der Waals surface area contributed by atoms with Crippen molar-refractivity contribution in [2.24, 2.45) is 0 Å². The van der Waals surface area contributed by atoms with Crippen molar-refractivity contribution >= 4 is 10.8 Å². The van der Waals surface area contributed by atoms with Gasteiger partial charge in [-0.2, -0.15) is 0 Å². The molecule has 2 rings (SSSR count). The molecule has 0 aliphatic heterocycles. The summed E-state index contributed by atoms with van der Waals surface area (Å²) >= 11 is 0. The summed E-state index contributed by atoms with van der Waals surface area (Å²) in [5, 5.41) is 2.31. The summed E-state index contributed by atoms with van der Waals surface area (Å²) in [7, 11) is 0. The van der Waals surface area contributed by atoms with Crippen molar-refractivity contribution in [1.82, 2.24) is 4.98 Å². The highest BCUT2D eigenvalue weighted by Gasteiger charge is 1.98. The number of rotatable bonds is 2. The van der Waals surface area contributed by atoms with Crippen LogP contribution in [0.4, 0.5) is 0 Å². The lowest BCUT2D eigenvalue weighted by atomic mass is 10.2. The summed E-state index contributed by atoms with van der Waals surface area (Å²) in [6.45, 7) is 4.04. The fourth-order valence-corrected chi connectivity index (χ4v) is 1.41. The quantitative estimate of drug-likeness (QED) is 0.721. The predicted octanol–water partition coefficient (Wildman–Crippen LogP) is 3.02. The number of benzene rings is 1. The van der Waals surface area contributed by atoms with Gasteiger partial charge in [-0.1, -0.05) is 6.07 Å². The van der Waals surface area contributed by atoms with Gasteiger partial charge in [-0.05, 0) is 37.4 Å². The van der Waals surface area contributed by atoms with Gasteiger partial charge in [0, 0.05) is 17.8 Å². The van der Waals surface area contributed by atoms with Crippen LogP contribution in [-0.2, 0) is 0 Å². The second-order valence-electron chi connectivity index (χ2n) is 3.55. The van der Waals surface area contributed by atoms with Crippen LogP contribution in [0.25, 0.3) is 10.8 Å². The predicted molar refractivity (Wildman–Crippen MR) is 57.5 cm³/mol. The molecule has 0 atom stereocenters. The molecule has 0 N–H and O–H groups in total. The first-order valence-corrected chi connectivity index (χ1v) is 4.76. The maximum atomic E-state index is 5.59. The second-order valence-corrected chi connectivity index (χ2v) is 3.55. The molecule has 1 aromatic carbocycles. The molecular formula is C12H13NO. The van der Waals surface area contributed by atoms with Crippen LogP contribution in [0, 0.1) is 0 Å². The molecule has 72 valence electrons. The van der Waals surface area contributed by atoms with E-state index < -0.39 is 0 Å². The fourth-order valence-electron chi connectivity index (χ4n) is 1.41. The van der Waals surface area contributed by atoms with Gasteiger partial charge in [-0.3, -0.25) is 4.98 Å². The number of hydrogen-bond donors (Lipinski definition) is 0. The van der Waals surface area contributed by atoms with Crippen LogP contribution in [0.3, 0.4) is 0 Å². The van der Waals surface area contributed by atoms with Crippen molar-refractivity contribution in [3.63, 3.8) is 0 Å². The number of nitrogens with zero attached hydrogens (tertiary/aromatic N) is 1. The largest absolute Gasteiger partial charge is 0.491 e. The SMILES string of the molecule is CC(C)Oc1ccc2ccncc2c1. The zero-order chi connectivity index (χ0) is 9.97. The third-order valence-corrected chi connectivity index (χ3v) is 1.98. The average molecular weight is 187 g/mol. The van der Waals surface area contributed by atoms with Crippen LogP contribution in [0.2, 0.25) is 0 Å². The van der Waals surface area contributed by atoms with Crippen LogP contribution in [0.1, 0.15) is 13.8 Å². The van der Waals surface area contributed by atoms with Gasteiger partial charge in [-0.25, -0.2) is 0 Å². The van der Waals surface area contributed by atoms with Gasteiger partial charge in [0.05, 0.1) is 6.10 Å². The van der Waals surface area contributed by atoms with Gasteiger partial charge in [-0.15, -0.1) is 0 Å². The molecule has 0 radical (unpaired) electrons. The Labute approximate surface area is 83.5 Å². The lowest BCUT2D eigenvalue weighted by molar-refractivity contribution is 0.243. The van der Waals surface area contributed by atoms with Crippen LogP contribution >= 0.6 is 0 Å². The summed E-state index contributed by atoms with van der Waals surface area (Å²) < 4.78 is 5.59. The normalized spacial score (nSPS) is 10.8. The Balaban J connectivity index is 2.41. The number of pyridine rings is 1. The van der Waals surface area contributed by atoms with Gasteiger partial charge < -0.3 is 4.74 Å². The molecule has 1 aromatic heterocycles. The Morgan fingerprint density at radius 1 is 1.14 bits per heavy atom. The fraction of sp³-hybridized carbons (Fsp3) is 0.250. The molecule has 0 spiro atoms. The Kier molecular flexibility index (Phi) is 2.35. The minimum Gasteiger partial charge on any atom is -0.491 e. The maximum Gasteiger partial charge on any atom is 0.120 e. The number of ether oxygens (including phenoxy) is 1. The van der Waals surface area contributed by atoms with E-state index in [1.807, 2.05) is 38.2 Å². The first-order chi connectivity index (χ1) is 6.75. The molecule has 2 heteroatoms. The Morgan fingerprint density at radius 3 is 2.79 bits per heavy atom. The lowest BCUT2D eigenvalue weighted by Crippen LogP contribution is -2.05. The summed E-state index contributed by atoms with van der Waals surface area (Å²) in [6, 6.07) is 8.05. The van der Waals surface area contributed by atoms with E-state index >= 15 is 0 Å². The Hall–Kier alpha value is -1.57. The van der Waals surface area contributed by atoms with Gasteiger partial charge in [0.15, 0.2) is 0 Å². The van der Waals surface area contributed by atoms with Crippen molar-refractivity contribution < 1.29 is 4.74 Å². The van der Waals surface area contributed by atoms with Crippen LogP contribution in [0.15, 0.2) is 36.7 Å². The first-order valence-electron chi connectivity index (χ1n) is 4.76. The molecule has 0 saturated carbocycles. The highest BCUT2D eigenvalue weighted by molar-refractivity contribution is 5.82. The second kappa shape index (κ2) is 3.66. The lowest BCUT2D eigenvalue weighted by Gasteiger charge is -2.09. The zero-order valence-corrected chi connectivity index (χ0v) is 8.40. The number of aromatic nitrogens is 1. The number of hydrogen-bond acceptors (Lipinski definition) is 2. The number of fused-ring (bicyclic) bond motifs is 1. The summed E-state index contributed by atoms with van der Waals surface area (Å²) in [4.78, 5) is 4.08. The standard InChI is InChI=1S/C12H13NO/c1-9(2)14-12-4-3-10-5-6-13-8-11(10)7-12/h3-9H,1-2H3. The molecule has 0 bridgehead atoms. The van der Waals surface area contributed by atoms with E-state index in [1.165, 1.54) is 5.39 Å². The molecule has 14 heavy (non-hydrogen) atoms. The van der Waals surface area contributed by atoms with Crippen molar-refractivity contribution in [2.75, 3.05) is 0 Å². The highest BCUT2D eigenvalue weighted by Crippen LogP contribution is 2.20. The highest BCUT2D eigenvalue weighted by atomic mass is 16.5. The summed E-state index contributed by atoms with van der Waals surface area (Å²) in [6.07, 6.45) is 3.86. The topological polar surface area (TPSA) is 22.1 Å². The third-order valence-electron chi connectivity index (χ3n) is 1.98. The van der Waals surface area contributed by atoms with Crippen molar-refractivity contribution in [3.05, 3.63) is 36.7 Å². The zero-order valence-electron chi connectivity index (χ0n) is 8.40. The molecule has 0 aliphatic rings. The maximum absolute atomic E-state index is 5.59. The van der Waals surface area contributed by atoms with E-state index in [1.54, 1.807) is 6.20 Å². The van der Waals surface area contributed by atoms with Gasteiger partial charge >= 0.3 is 0 Å². The molecule has 0 fully saturated rings. The molecular weight excluding hydrogens is 174 g/mol. The Morgan fingerprint density at radius 2 is 2.00 bits per heavy atom. The first kappa shape index (κ1) is 9.00. The molecule has 0 saturated heterocycles. The van der Waals surface area contributed by atoms with Gasteiger partial charge in [0.2, 0.25) is 0 Å². The molecule has 1 heterocycles. The molecule has 0 amide bonds. The molecule has 2 aromatic rings. The van der Waals surface area contributed by atoms with Crippen LogP contribution < -0.4 is 4.74 Å². The van der Waals surface area contributed by atoms with Crippen LogP contribution in [-0.4, -0.2) is 11.1 Å². The van der Waals surface area contributed by atoms with Crippen LogP contribution in [0.5, 0.6) is 5.75 Å². The third kappa shape index (κ3) is 1.84. The van der Waals surface area contributed by atoms with Crippen molar-refractivity contribution in [1.29, 1.82) is 0 Å². The van der Waals surface area contributed by atoms with Gasteiger partial charge in [0.1, 0.15) is 5.75 Å². The van der Waals surface area contributed by atoms with E-state index in [0.29, 0.717) is 0 Å². The van der Waals surface area contributed by atoms with Crippen molar-refractivity contribution in [3.8, 4) is 5.75 Å². The van der Waals surface area contributed by atoms with Gasteiger partial charge in [0.25, 0.3) is 0 Å². The van der Waals surface area contributed by atoms with Crippen molar-refractivity contribution in [2.45, 2.75) is 20.0 Å². The summed E-state index contributed by atoms with van der Waals surface area (Å²) in [5.74, 6) is 0.903. The van der Waals surface area contributed by atoms with E-state index in [2.05, 4.69) is 11.1 Å². The Bertz CT molecular complexity index is 437. The minimum absolute atomic E-state index is 0.212. The average Bonchev–Trinajstić information content (AvgIpc) is 2.17. The van der Waals surface area contributed by atoms with E-state index in [-0.39, 0.29) is 6.10 Å². The minimum atomic E-state index is 0.212. The monoisotopic (exact) mass is 187 g/mol. The summed E-state index contributed by atoms with van der Waals surface area (Å²) in [5.41, 5.74) is 0.